The molecule has 34 heavy (non-hydrogen) atoms. The Bertz CT molecular complexity index is 1250. The van der Waals surface area contributed by atoms with E-state index in [0.717, 1.165) is 11.4 Å². The van der Waals surface area contributed by atoms with Gasteiger partial charge in [-0.1, -0.05) is 49.3 Å². The molecule has 10 nitrogen and oxygen atoms in total. The van der Waals surface area contributed by atoms with Crippen LogP contribution in [0.3, 0.4) is 0 Å². The molecule has 176 valence electrons. The molecular formula is C22H24ClN9OS. The van der Waals surface area contributed by atoms with Gasteiger partial charge in [0, 0.05) is 10.7 Å². The summed E-state index contributed by atoms with van der Waals surface area (Å²) in [4.78, 5) is 12.7. The van der Waals surface area contributed by atoms with E-state index in [-0.39, 0.29) is 12.6 Å². The first-order chi connectivity index (χ1) is 16.4. The van der Waals surface area contributed by atoms with E-state index in [9.17, 15) is 0 Å². The molecule has 0 amide bonds. The fourth-order valence-electron chi connectivity index (χ4n) is 2.95. The lowest BCUT2D eigenvalue weighted by Crippen LogP contribution is -2.16. The van der Waals surface area contributed by atoms with Gasteiger partial charge in [-0.25, -0.2) is 4.68 Å². The normalized spacial score (nSPS) is 11.1. The van der Waals surface area contributed by atoms with Crippen LogP contribution >= 0.6 is 23.4 Å². The van der Waals surface area contributed by atoms with E-state index < -0.39 is 0 Å². The predicted octanol–water partition coefficient (Wildman–Crippen LogP) is 4.15. The second-order valence-electron chi connectivity index (χ2n) is 7.64. The molecule has 4 rings (SSSR count). The molecule has 2 aromatic heterocycles. The Labute approximate surface area is 206 Å². The van der Waals surface area contributed by atoms with Crippen LogP contribution in [0, 0.1) is 0 Å². The van der Waals surface area contributed by atoms with Crippen LogP contribution in [0.1, 0.15) is 37.0 Å². The maximum atomic E-state index is 6.16. The molecule has 0 fully saturated rings. The Morgan fingerprint density at radius 3 is 2.47 bits per heavy atom. The number of anilines is 3. The van der Waals surface area contributed by atoms with Crippen LogP contribution in [0.15, 0.2) is 53.7 Å². The molecule has 0 bridgehead atoms. The summed E-state index contributed by atoms with van der Waals surface area (Å²) in [5, 5.41) is 12.5. The number of nitrogen functional groups attached to an aromatic ring is 2. The van der Waals surface area contributed by atoms with Crippen molar-refractivity contribution in [3.63, 3.8) is 0 Å². The van der Waals surface area contributed by atoms with Crippen molar-refractivity contribution >= 4 is 40.9 Å². The lowest BCUT2D eigenvalue weighted by atomic mass is 10.0. The molecule has 2 heterocycles. The van der Waals surface area contributed by atoms with E-state index in [1.54, 1.807) is 12.1 Å². The third-order valence-electron chi connectivity index (χ3n) is 4.78. The molecule has 0 radical (unpaired) electrons. The van der Waals surface area contributed by atoms with Gasteiger partial charge in [0.05, 0.1) is 5.75 Å². The predicted molar refractivity (Wildman–Crippen MR) is 134 cm³/mol. The molecule has 0 aliphatic carbocycles. The van der Waals surface area contributed by atoms with E-state index in [2.05, 4.69) is 44.3 Å². The minimum absolute atomic E-state index is 0.105. The van der Waals surface area contributed by atoms with Crippen molar-refractivity contribution in [3.05, 3.63) is 70.8 Å². The highest BCUT2D eigenvalue weighted by atomic mass is 35.5. The number of nitrogens with one attached hydrogen (secondary N) is 1. The number of rotatable bonds is 9. The summed E-state index contributed by atoms with van der Waals surface area (Å²) in [6.45, 7) is 4.49. The molecule has 5 N–H and O–H groups in total. The summed E-state index contributed by atoms with van der Waals surface area (Å²) < 4.78 is 7.19. The van der Waals surface area contributed by atoms with Gasteiger partial charge in [0.25, 0.3) is 0 Å². The Hall–Kier alpha value is -3.57. The van der Waals surface area contributed by atoms with Gasteiger partial charge < -0.3 is 21.6 Å². The largest absolute Gasteiger partial charge is 0.486 e. The molecule has 4 aromatic rings. The first kappa shape index (κ1) is 23.6. The molecular weight excluding hydrogens is 474 g/mol. The van der Waals surface area contributed by atoms with E-state index >= 15 is 0 Å². The summed E-state index contributed by atoms with van der Waals surface area (Å²) in [6.07, 6.45) is 0. The Balaban J connectivity index is 1.36. The van der Waals surface area contributed by atoms with Gasteiger partial charge in [0.2, 0.25) is 17.1 Å². The lowest BCUT2D eigenvalue weighted by Gasteiger charge is -2.09. The number of halogens is 1. The van der Waals surface area contributed by atoms with Crippen LogP contribution in [-0.2, 0) is 12.4 Å². The van der Waals surface area contributed by atoms with E-state index in [0.29, 0.717) is 39.4 Å². The number of hydrogen-bond donors (Lipinski definition) is 3. The van der Waals surface area contributed by atoms with E-state index in [1.165, 1.54) is 22.0 Å². The first-order valence-corrected chi connectivity index (χ1v) is 11.8. The molecule has 0 atom stereocenters. The second-order valence-corrected chi connectivity index (χ2v) is 9.01. The zero-order chi connectivity index (χ0) is 24.1. The summed E-state index contributed by atoms with van der Waals surface area (Å²) in [5.74, 6) is 9.14. The molecule has 0 aliphatic rings. The molecule has 0 unspecified atom stereocenters. The number of aromatic nitrogens is 6. The number of benzene rings is 2. The smallest absolute Gasteiger partial charge is 0.232 e. The summed E-state index contributed by atoms with van der Waals surface area (Å²) >= 11 is 7.25. The topological polar surface area (TPSA) is 143 Å². The zero-order valence-electron chi connectivity index (χ0n) is 18.6. The minimum atomic E-state index is 0.105. The number of nitrogens with two attached hydrogens (primary N) is 2. The van der Waals surface area contributed by atoms with Crippen LogP contribution in [0.4, 0.5) is 17.6 Å². The Kier molecular flexibility index (Phi) is 7.33. The third-order valence-corrected chi connectivity index (χ3v) is 5.97. The molecule has 2 aromatic carbocycles. The SMILES string of the molecule is CC(C)c1ccc(OCc2nnc(SCc3nc(N)nc(Nc4ccc(Cl)cc4)n3)n2N)cc1. The monoisotopic (exact) mass is 497 g/mol. The van der Waals surface area contributed by atoms with Crippen LogP contribution in [-0.4, -0.2) is 29.8 Å². The number of hydrogen-bond acceptors (Lipinski definition) is 10. The van der Waals surface area contributed by atoms with Crippen molar-refractivity contribution in [1.82, 2.24) is 29.8 Å². The average molecular weight is 498 g/mol. The van der Waals surface area contributed by atoms with Gasteiger partial charge in [-0.15, -0.1) is 10.2 Å². The Morgan fingerprint density at radius 2 is 1.76 bits per heavy atom. The highest BCUT2D eigenvalue weighted by molar-refractivity contribution is 7.98. The first-order valence-electron chi connectivity index (χ1n) is 10.5. The van der Waals surface area contributed by atoms with Gasteiger partial charge >= 0.3 is 0 Å². The van der Waals surface area contributed by atoms with Crippen molar-refractivity contribution in [1.29, 1.82) is 0 Å². The van der Waals surface area contributed by atoms with Crippen molar-refractivity contribution in [3.8, 4) is 5.75 Å². The van der Waals surface area contributed by atoms with Crippen LogP contribution in [0.5, 0.6) is 5.75 Å². The van der Waals surface area contributed by atoms with Crippen molar-refractivity contribution in [2.75, 3.05) is 16.9 Å². The van der Waals surface area contributed by atoms with E-state index in [4.69, 9.17) is 27.9 Å². The van der Waals surface area contributed by atoms with Gasteiger partial charge in [-0.3, -0.25) is 0 Å². The van der Waals surface area contributed by atoms with Crippen molar-refractivity contribution in [2.24, 2.45) is 0 Å². The summed E-state index contributed by atoms with van der Waals surface area (Å²) in [7, 11) is 0. The van der Waals surface area contributed by atoms with Gasteiger partial charge in [-0.05, 0) is 47.9 Å². The number of thioether (sulfide) groups is 1. The molecule has 0 aliphatic heterocycles. The van der Waals surface area contributed by atoms with Crippen LogP contribution in [0.25, 0.3) is 0 Å². The van der Waals surface area contributed by atoms with Crippen molar-refractivity contribution < 1.29 is 4.74 Å². The van der Waals surface area contributed by atoms with E-state index in [1.807, 2.05) is 36.4 Å². The maximum absolute atomic E-state index is 6.16. The average Bonchev–Trinajstić information content (AvgIpc) is 3.17. The van der Waals surface area contributed by atoms with Crippen LogP contribution in [0.2, 0.25) is 5.02 Å². The summed E-state index contributed by atoms with van der Waals surface area (Å²) in [5.41, 5.74) is 7.88. The molecule has 0 spiro atoms. The Morgan fingerprint density at radius 1 is 1.03 bits per heavy atom. The lowest BCUT2D eigenvalue weighted by molar-refractivity contribution is 0.291. The number of ether oxygens (including phenoxy) is 1. The minimum Gasteiger partial charge on any atom is -0.486 e. The standard InChI is InChI=1S/C22H24ClN9OS/c1-13(2)14-3-9-17(10-4-14)33-11-19-30-31-22(32(19)25)34-12-18-27-20(24)29-21(28-18)26-16-7-5-15(23)6-8-16/h3-10,13H,11-12,25H2,1-2H3,(H3,24,26,27,28,29). The maximum Gasteiger partial charge on any atom is 0.232 e. The summed E-state index contributed by atoms with van der Waals surface area (Å²) in [6, 6.07) is 15.1. The highest BCUT2D eigenvalue weighted by Crippen LogP contribution is 2.23. The fraction of sp³-hybridized carbons (Fsp3) is 0.227. The second kappa shape index (κ2) is 10.6. The molecule has 0 saturated heterocycles. The number of nitrogens with zero attached hydrogens (tertiary/aromatic N) is 6. The van der Waals surface area contributed by atoms with Gasteiger partial charge in [0.1, 0.15) is 18.2 Å². The molecule has 12 heteroatoms. The quantitative estimate of drug-likeness (QED) is 0.228. The van der Waals surface area contributed by atoms with Crippen LogP contribution < -0.4 is 21.6 Å². The zero-order valence-corrected chi connectivity index (χ0v) is 20.2. The van der Waals surface area contributed by atoms with Gasteiger partial charge in [-0.2, -0.15) is 15.0 Å². The fourth-order valence-corrected chi connectivity index (χ4v) is 3.81. The molecule has 0 saturated carbocycles. The van der Waals surface area contributed by atoms with Crippen molar-refractivity contribution in [2.45, 2.75) is 37.3 Å². The highest BCUT2D eigenvalue weighted by Gasteiger charge is 2.13. The third kappa shape index (κ3) is 6.06. The van der Waals surface area contributed by atoms with Gasteiger partial charge in [0.15, 0.2) is 5.82 Å².